The van der Waals surface area contributed by atoms with Gasteiger partial charge in [0.1, 0.15) is 0 Å². The topological polar surface area (TPSA) is 38.0 Å². The quantitative estimate of drug-likeness (QED) is 0.838. The summed E-state index contributed by atoms with van der Waals surface area (Å²) in [4.78, 5) is 0. The summed E-state index contributed by atoms with van der Waals surface area (Å²) in [6.07, 6.45) is 6.64. The molecule has 3 N–H and O–H groups in total. The molecule has 100 valence electrons. The summed E-state index contributed by atoms with van der Waals surface area (Å²) in [5.74, 6) is 1.66. The second kappa shape index (κ2) is 6.91. The first-order valence-electron chi connectivity index (χ1n) is 7.24. The third-order valence-corrected chi connectivity index (χ3v) is 4.45. The molecular formula is C16H26N2. The molecule has 0 radical (unpaired) electrons. The van der Waals surface area contributed by atoms with Crippen molar-refractivity contribution in [3.63, 3.8) is 0 Å². The summed E-state index contributed by atoms with van der Waals surface area (Å²) in [7, 11) is 2.04. The van der Waals surface area contributed by atoms with Gasteiger partial charge in [-0.2, -0.15) is 0 Å². The number of hydrogen-bond acceptors (Lipinski definition) is 2. The lowest BCUT2D eigenvalue weighted by Crippen LogP contribution is -2.41. The van der Waals surface area contributed by atoms with E-state index < -0.39 is 0 Å². The van der Waals surface area contributed by atoms with Gasteiger partial charge < -0.3 is 11.1 Å². The van der Waals surface area contributed by atoms with E-state index >= 15 is 0 Å². The Morgan fingerprint density at radius 3 is 2.39 bits per heavy atom. The van der Waals surface area contributed by atoms with Crippen molar-refractivity contribution in [2.24, 2.45) is 17.6 Å². The van der Waals surface area contributed by atoms with Gasteiger partial charge in [0, 0.05) is 12.6 Å². The molecule has 1 aromatic carbocycles. The van der Waals surface area contributed by atoms with Crippen LogP contribution in [0, 0.1) is 11.8 Å². The maximum Gasteiger partial charge on any atom is 0.0215 e. The molecular weight excluding hydrogens is 220 g/mol. The van der Waals surface area contributed by atoms with Crippen molar-refractivity contribution in [3.8, 4) is 0 Å². The van der Waals surface area contributed by atoms with E-state index in [1.807, 2.05) is 7.05 Å². The largest absolute Gasteiger partial charge is 0.329 e. The van der Waals surface area contributed by atoms with Crippen molar-refractivity contribution in [1.29, 1.82) is 0 Å². The lowest BCUT2D eigenvalue weighted by molar-refractivity contribution is 0.228. The molecule has 18 heavy (non-hydrogen) atoms. The average molecular weight is 246 g/mol. The van der Waals surface area contributed by atoms with E-state index in [4.69, 9.17) is 5.73 Å². The maximum atomic E-state index is 5.81. The van der Waals surface area contributed by atoms with Crippen LogP contribution in [0.3, 0.4) is 0 Å². The van der Waals surface area contributed by atoms with Crippen LogP contribution in [0.15, 0.2) is 30.3 Å². The molecule has 0 bridgehead atoms. The van der Waals surface area contributed by atoms with Crippen LogP contribution in [0.2, 0.25) is 0 Å². The summed E-state index contributed by atoms with van der Waals surface area (Å²) in [6, 6.07) is 11.4. The highest BCUT2D eigenvalue weighted by Crippen LogP contribution is 2.32. The van der Waals surface area contributed by atoms with Gasteiger partial charge in [0.05, 0.1) is 0 Å². The molecule has 2 rings (SSSR count). The van der Waals surface area contributed by atoms with Gasteiger partial charge in [0.2, 0.25) is 0 Å². The first-order valence-corrected chi connectivity index (χ1v) is 7.24. The third-order valence-electron chi connectivity index (χ3n) is 4.45. The number of benzene rings is 1. The van der Waals surface area contributed by atoms with Crippen LogP contribution in [0.5, 0.6) is 0 Å². The van der Waals surface area contributed by atoms with E-state index in [1.54, 1.807) is 0 Å². The van der Waals surface area contributed by atoms with Gasteiger partial charge in [0.15, 0.2) is 0 Å². The van der Waals surface area contributed by atoms with Crippen LogP contribution >= 0.6 is 0 Å². The molecule has 2 nitrogen and oxygen atoms in total. The summed E-state index contributed by atoms with van der Waals surface area (Å²) in [6.45, 7) is 0.768. The molecule has 1 aliphatic rings. The number of nitrogens with one attached hydrogen (secondary N) is 1. The third kappa shape index (κ3) is 3.56. The lowest BCUT2D eigenvalue weighted by atomic mass is 9.76. The Bertz CT molecular complexity index is 324. The molecule has 0 heterocycles. The maximum absolute atomic E-state index is 5.81. The first kappa shape index (κ1) is 13.6. The van der Waals surface area contributed by atoms with Crippen LogP contribution < -0.4 is 11.1 Å². The Hall–Kier alpha value is -0.860. The predicted molar refractivity (Wildman–Crippen MR) is 77.5 cm³/mol. The highest BCUT2D eigenvalue weighted by atomic mass is 14.9. The Labute approximate surface area is 111 Å². The van der Waals surface area contributed by atoms with E-state index in [-0.39, 0.29) is 0 Å². The minimum atomic E-state index is 0.516. The van der Waals surface area contributed by atoms with Crippen LogP contribution in [0.25, 0.3) is 0 Å². The van der Waals surface area contributed by atoms with E-state index in [0.29, 0.717) is 6.04 Å². The monoisotopic (exact) mass is 246 g/mol. The van der Waals surface area contributed by atoms with Crippen LogP contribution in [0.4, 0.5) is 0 Å². The summed E-state index contributed by atoms with van der Waals surface area (Å²) in [5, 5.41) is 3.36. The molecule has 2 heteroatoms. The minimum absolute atomic E-state index is 0.516. The van der Waals surface area contributed by atoms with Crippen molar-refractivity contribution in [1.82, 2.24) is 5.32 Å². The predicted octanol–water partition coefficient (Wildman–Crippen LogP) is 2.58. The van der Waals surface area contributed by atoms with Gasteiger partial charge in [-0.05, 0) is 56.6 Å². The van der Waals surface area contributed by atoms with Crippen LogP contribution in [0.1, 0.15) is 31.2 Å². The number of rotatable bonds is 5. The fourth-order valence-corrected chi connectivity index (χ4v) is 3.29. The van der Waals surface area contributed by atoms with Gasteiger partial charge in [-0.15, -0.1) is 0 Å². The summed E-state index contributed by atoms with van der Waals surface area (Å²) in [5.41, 5.74) is 7.30. The Morgan fingerprint density at radius 1 is 1.17 bits per heavy atom. The number of hydrogen-bond donors (Lipinski definition) is 2. The second-order valence-corrected chi connectivity index (χ2v) is 5.60. The van der Waals surface area contributed by atoms with Crippen LogP contribution in [-0.4, -0.2) is 19.6 Å². The Kier molecular flexibility index (Phi) is 5.21. The SMILES string of the molecule is CNC(CN)C1CCC(Cc2ccccc2)CC1. The van der Waals surface area contributed by atoms with Crippen molar-refractivity contribution in [3.05, 3.63) is 35.9 Å². The molecule has 1 unspecified atom stereocenters. The fourth-order valence-electron chi connectivity index (χ4n) is 3.29. The van der Waals surface area contributed by atoms with Gasteiger partial charge in [-0.3, -0.25) is 0 Å². The fraction of sp³-hybridized carbons (Fsp3) is 0.625. The van der Waals surface area contributed by atoms with Gasteiger partial charge in [0.25, 0.3) is 0 Å². The normalized spacial score (nSPS) is 25.9. The first-order chi connectivity index (χ1) is 8.83. The molecule has 0 aliphatic heterocycles. The van der Waals surface area contributed by atoms with E-state index in [2.05, 4.69) is 35.6 Å². The van der Waals surface area contributed by atoms with E-state index in [9.17, 15) is 0 Å². The highest BCUT2D eigenvalue weighted by molar-refractivity contribution is 5.15. The van der Waals surface area contributed by atoms with Gasteiger partial charge in [-0.25, -0.2) is 0 Å². The standard InChI is InChI=1S/C16H26N2/c1-18-16(12-17)15-9-7-14(8-10-15)11-13-5-3-2-4-6-13/h2-6,14-16,18H,7-12,17H2,1H3. The second-order valence-electron chi connectivity index (χ2n) is 5.60. The average Bonchev–Trinajstić information content (AvgIpc) is 2.43. The Balaban J connectivity index is 1.80. The van der Waals surface area contributed by atoms with Crippen molar-refractivity contribution in [2.75, 3.05) is 13.6 Å². The smallest absolute Gasteiger partial charge is 0.0215 e. The Morgan fingerprint density at radius 2 is 1.83 bits per heavy atom. The van der Waals surface area contributed by atoms with Gasteiger partial charge >= 0.3 is 0 Å². The zero-order chi connectivity index (χ0) is 12.8. The molecule has 0 spiro atoms. The summed E-state index contributed by atoms with van der Waals surface area (Å²) < 4.78 is 0. The van der Waals surface area contributed by atoms with Crippen LogP contribution in [-0.2, 0) is 6.42 Å². The zero-order valence-electron chi connectivity index (χ0n) is 11.4. The highest BCUT2D eigenvalue weighted by Gasteiger charge is 2.25. The molecule has 1 fully saturated rings. The molecule has 1 atom stereocenters. The van der Waals surface area contributed by atoms with E-state index in [1.165, 1.54) is 37.7 Å². The molecule has 1 aromatic rings. The van der Waals surface area contributed by atoms with Crippen molar-refractivity contribution in [2.45, 2.75) is 38.1 Å². The molecule has 1 aliphatic carbocycles. The van der Waals surface area contributed by atoms with E-state index in [0.717, 1.165) is 18.4 Å². The van der Waals surface area contributed by atoms with Crippen molar-refractivity contribution >= 4 is 0 Å². The summed E-state index contributed by atoms with van der Waals surface area (Å²) >= 11 is 0. The molecule has 0 amide bonds. The van der Waals surface area contributed by atoms with Crippen molar-refractivity contribution < 1.29 is 0 Å². The molecule has 0 aromatic heterocycles. The molecule has 1 saturated carbocycles. The number of likely N-dealkylation sites (N-methyl/N-ethyl adjacent to an activating group) is 1. The number of nitrogens with two attached hydrogens (primary N) is 1. The minimum Gasteiger partial charge on any atom is -0.329 e. The molecule has 0 saturated heterocycles. The zero-order valence-corrected chi connectivity index (χ0v) is 11.4. The lowest BCUT2D eigenvalue weighted by Gasteiger charge is -2.33. The van der Waals surface area contributed by atoms with Gasteiger partial charge in [-0.1, -0.05) is 30.3 Å².